The average Bonchev–Trinajstić information content (AvgIpc) is 4.11. The summed E-state index contributed by atoms with van der Waals surface area (Å²) < 4.78 is 10.0. The molecule has 0 aliphatic rings. The molecule has 58 heavy (non-hydrogen) atoms. The molecule has 0 atom stereocenters. The first-order valence-corrected chi connectivity index (χ1v) is 20.1. The van der Waals surface area contributed by atoms with Crippen molar-refractivity contribution in [1.82, 2.24) is 17.9 Å². The monoisotopic (exact) mass is 734 g/mol. The Labute approximate surface area is 329 Å². The maximum atomic E-state index is 2.56. The van der Waals surface area contributed by atoms with Crippen molar-refractivity contribution in [3.8, 4) is 11.4 Å². The molecule has 0 radical (unpaired) electrons. The molecule has 0 unspecified atom stereocenters. The zero-order valence-electron chi connectivity index (χ0n) is 31.1. The molecule has 15 aromatic rings. The fourth-order valence-corrected chi connectivity index (χ4v) is 11.2. The van der Waals surface area contributed by atoms with Crippen molar-refractivity contribution in [1.29, 1.82) is 0 Å². The van der Waals surface area contributed by atoms with Crippen molar-refractivity contribution in [3.63, 3.8) is 0 Å². The van der Waals surface area contributed by atoms with Crippen molar-refractivity contribution >= 4 is 120 Å². The minimum absolute atomic E-state index is 1.18. The Morgan fingerprint density at radius 1 is 0.224 bits per heavy atom. The third-order valence-corrected chi connectivity index (χ3v) is 13.4. The SMILES string of the molecule is c1ccc(-n2c3ccccc3c3cc4c(cc32)c2cccc3c5cc6c7cc8c(c9ccccc9n8-c8ccccc8)c8c9ccccc9n(c6cc5n4c23)c78)cc1. The molecule has 0 amide bonds. The van der Waals surface area contributed by atoms with Crippen LogP contribution < -0.4 is 0 Å². The first-order chi connectivity index (χ1) is 28.8. The third-order valence-electron chi connectivity index (χ3n) is 13.4. The second kappa shape index (κ2) is 10.1. The van der Waals surface area contributed by atoms with E-state index >= 15 is 0 Å². The second-order valence-electron chi connectivity index (χ2n) is 16.1. The van der Waals surface area contributed by atoms with Crippen LogP contribution in [0.2, 0.25) is 0 Å². The standard InChI is InChI=1S/C54H30N4/c1-3-14-31(15-4-1)55-43-23-10-7-18-33(43)40-27-47-41(28-46(40)55)35-22-13-21-34-38-26-39-42-29-50-51(36-19-8-11-24-44(36)56(50)32-16-5-2-6-17-32)52-37-20-9-12-25-45(37)57(54(42)52)49(39)30-48(38)58(47)53(34)35/h1-30H. The van der Waals surface area contributed by atoms with Crippen LogP contribution in [-0.4, -0.2) is 17.9 Å². The molecular weight excluding hydrogens is 705 g/mol. The number of benzene rings is 9. The second-order valence-corrected chi connectivity index (χ2v) is 16.1. The van der Waals surface area contributed by atoms with Crippen LogP contribution in [0.4, 0.5) is 0 Å². The Kier molecular flexibility index (Phi) is 5.14. The highest BCUT2D eigenvalue weighted by atomic mass is 15.0. The van der Waals surface area contributed by atoms with Crippen molar-refractivity contribution in [2.45, 2.75) is 0 Å². The largest absolute Gasteiger partial charge is 0.309 e. The fraction of sp³-hybridized carbons (Fsp3) is 0. The first kappa shape index (κ1) is 29.5. The highest BCUT2D eigenvalue weighted by Gasteiger charge is 2.26. The van der Waals surface area contributed by atoms with Gasteiger partial charge in [-0.2, -0.15) is 0 Å². The van der Waals surface area contributed by atoms with E-state index in [1.165, 1.54) is 131 Å². The first-order valence-electron chi connectivity index (χ1n) is 20.1. The van der Waals surface area contributed by atoms with Crippen molar-refractivity contribution in [3.05, 3.63) is 182 Å². The van der Waals surface area contributed by atoms with Gasteiger partial charge in [-0.25, -0.2) is 0 Å². The molecule has 9 aromatic carbocycles. The van der Waals surface area contributed by atoms with Crippen LogP contribution in [0.3, 0.4) is 0 Å². The summed E-state index contributed by atoms with van der Waals surface area (Å²) in [5.41, 5.74) is 14.9. The summed E-state index contributed by atoms with van der Waals surface area (Å²) in [6.07, 6.45) is 0. The van der Waals surface area contributed by atoms with Gasteiger partial charge in [-0.05, 0) is 72.8 Å². The molecule has 0 saturated heterocycles. The Hall–Kier alpha value is -7.82. The molecular formula is C54H30N4. The van der Waals surface area contributed by atoms with Crippen LogP contribution in [0, 0.1) is 0 Å². The van der Waals surface area contributed by atoms with E-state index < -0.39 is 0 Å². The van der Waals surface area contributed by atoms with Crippen LogP contribution in [0.15, 0.2) is 182 Å². The Balaban J connectivity index is 1.13. The van der Waals surface area contributed by atoms with E-state index in [0.29, 0.717) is 0 Å². The van der Waals surface area contributed by atoms with E-state index in [0.717, 1.165) is 0 Å². The maximum absolute atomic E-state index is 2.56. The summed E-state index contributed by atoms with van der Waals surface area (Å²) in [5, 5.41) is 15.5. The van der Waals surface area contributed by atoms with E-state index in [-0.39, 0.29) is 0 Å². The van der Waals surface area contributed by atoms with Gasteiger partial charge in [0.25, 0.3) is 0 Å². The number of nitrogens with zero attached hydrogens (tertiary/aromatic N) is 4. The fourth-order valence-electron chi connectivity index (χ4n) is 11.2. The predicted octanol–water partition coefficient (Wildman–Crippen LogP) is 14.2. The molecule has 0 saturated carbocycles. The van der Waals surface area contributed by atoms with Gasteiger partial charge in [0.1, 0.15) is 0 Å². The molecule has 266 valence electrons. The van der Waals surface area contributed by atoms with Gasteiger partial charge in [0.15, 0.2) is 0 Å². The Bertz CT molecular complexity index is 4230. The Morgan fingerprint density at radius 3 is 1.38 bits per heavy atom. The zero-order chi connectivity index (χ0) is 37.4. The van der Waals surface area contributed by atoms with Gasteiger partial charge in [0, 0.05) is 76.0 Å². The minimum Gasteiger partial charge on any atom is -0.309 e. The molecule has 15 rings (SSSR count). The zero-order valence-corrected chi connectivity index (χ0v) is 31.1. The summed E-state index contributed by atoms with van der Waals surface area (Å²) in [7, 11) is 0. The normalized spacial score (nSPS) is 12.8. The average molecular weight is 735 g/mol. The van der Waals surface area contributed by atoms with Gasteiger partial charge in [0.2, 0.25) is 0 Å². The minimum atomic E-state index is 1.18. The van der Waals surface area contributed by atoms with E-state index in [4.69, 9.17) is 0 Å². The van der Waals surface area contributed by atoms with Gasteiger partial charge in [-0.3, -0.25) is 0 Å². The molecule has 0 spiro atoms. The summed E-state index contributed by atoms with van der Waals surface area (Å²) in [5.74, 6) is 0. The summed E-state index contributed by atoms with van der Waals surface area (Å²) in [6.45, 7) is 0. The summed E-state index contributed by atoms with van der Waals surface area (Å²) >= 11 is 0. The lowest BCUT2D eigenvalue weighted by atomic mass is 10.0. The lowest BCUT2D eigenvalue weighted by molar-refractivity contribution is 1.18. The van der Waals surface area contributed by atoms with Gasteiger partial charge in [0.05, 0.1) is 55.2 Å². The maximum Gasteiger partial charge on any atom is 0.0628 e. The van der Waals surface area contributed by atoms with Gasteiger partial charge < -0.3 is 17.9 Å². The molecule has 0 aliphatic carbocycles. The van der Waals surface area contributed by atoms with Crippen LogP contribution >= 0.6 is 0 Å². The molecule has 4 heteroatoms. The number of aromatic nitrogens is 4. The third kappa shape index (κ3) is 3.34. The van der Waals surface area contributed by atoms with Crippen molar-refractivity contribution < 1.29 is 0 Å². The topological polar surface area (TPSA) is 18.7 Å². The molecule has 0 aliphatic heterocycles. The number of fused-ring (bicyclic) bond motifs is 19. The van der Waals surface area contributed by atoms with Crippen LogP contribution in [-0.2, 0) is 0 Å². The van der Waals surface area contributed by atoms with Crippen molar-refractivity contribution in [2.75, 3.05) is 0 Å². The number of rotatable bonds is 2. The van der Waals surface area contributed by atoms with Gasteiger partial charge in [-0.15, -0.1) is 0 Å². The van der Waals surface area contributed by atoms with Gasteiger partial charge in [-0.1, -0.05) is 109 Å². The van der Waals surface area contributed by atoms with Crippen LogP contribution in [0.1, 0.15) is 0 Å². The Morgan fingerprint density at radius 2 is 0.672 bits per heavy atom. The molecule has 6 aromatic heterocycles. The van der Waals surface area contributed by atoms with Crippen LogP contribution in [0.5, 0.6) is 0 Å². The number of hydrogen-bond donors (Lipinski definition) is 0. The predicted molar refractivity (Wildman–Crippen MR) is 244 cm³/mol. The van der Waals surface area contributed by atoms with Crippen molar-refractivity contribution in [2.24, 2.45) is 0 Å². The van der Waals surface area contributed by atoms with E-state index in [1.54, 1.807) is 0 Å². The molecule has 6 heterocycles. The smallest absolute Gasteiger partial charge is 0.0628 e. The van der Waals surface area contributed by atoms with Crippen LogP contribution in [0.25, 0.3) is 131 Å². The summed E-state index contributed by atoms with van der Waals surface area (Å²) in [6, 6.07) is 67.6. The lowest BCUT2D eigenvalue weighted by Gasteiger charge is -2.08. The number of hydrogen-bond acceptors (Lipinski definition) is 0. The van der Waals surface area contributed by atoms with E-state index in [2.05, 4.69) is 200 Å². The van der Waals surface area contributed by atoms with E-state index in [9.17, 15) is 0 Å². The van der Waals surface area contributed by atoms with E-state index in [1.807, 2.05) is 0 Å². The molecule has 0 bridgehead atoms. The molecule has 0 fully saturated rings. The molecule has 0 N–H and O–H groups in total. The highest BCUT2D eigenvalue weighted by molar-refractivity contribution is 6.37. The highest BCUT2D eigenvalue weighted by Crippen LogP contribution is 2.49. The lowest BCUT2D eigenvalue weighted by Crippen LogP contribution is -1.92. The number of para-hydroxylation sites is 6. The quantitative estimate of drug-likeness (QED) is 0.168. The summed E-state index contributed by atoms with van der Waals surface area (Å²) in [4.78, 5) is 0. The molecule has 4 nitrogen and oxygen atoms in total. The van der Waals surface area contributed by atoms with Gasteiger partial charge >= 0.3 is 0 Å².